The molecule has 2 amide bonds. The molecule has 6 nitrogen and oxygen atoms in total. The number of H-pyrrole nitrogens is 1. The molecule has 4 rings (SSSR count). The van der Waals surface area contributed by atoms with Crippen molar-refractivity contribution in [2.45, 2.75) is 25.2 Å². The van der Waals surface area contributed by atoms with E-state index in [1.807, 2.05) is 53.4 Å². The van der Waals surface area contributed by atoms with Gasteiger partial charge in [-0.15, -0.1) is 0 Å². The standard InChI is InChI=1S/C21H22N4O2/c1-15(26)25-12-10-21(11-13-25,17-7-3-2-4-8-17)20(27)23-18-9-5-6-16-14-22-24-19(16)18/h2-9,14H,10-13H2,1H3,(H,22,24)(H,23,27). The summed E-state index contributed by atoms with van der Waals surface area (Å²) in [6.45, 7) is 2.73. The Bertz CT molecular complexity index is 972. The minimum absolute atomic E-state index is 0.0426. The maximum Gasteiger partial charge on any atom is 0.235 e. The van der Waals surface area contributed by atoms with Gasteiger partial charge >= 0.3 is 0 Å². The third-order valence-corrected chi connectivity index (χ3v) is 5.55. The second-order valence-electron chi connectivity index (χ2n) is 7.05. The fourth-order valence-corrected chi connectivity index (χ4v) is 3.92. The molecule has 2 heterocycles. The van der Waals surface area contributed by atoms with Crippen molar-refractivity contribution in [3.8, 4) is 0 Å². The summed E-state index contributed by atoms with van der Waals surface area (Å²) < 4.78 is 0. The van der Waals surface area contributed by atoms with Crippen molar-refractivity contribution in [3.63, 3.8) is 0 Å². The molecule has 0 aliphatic carbocycles. The van der Waals surface area contributed by atoms with E-state index >= 15 is 0 Å². The highest BCUT2D eigenvalue weighted by molar-refractivity contribution is 6.04. The number of aromatic nitrogens is 2. The summed E-state index contributed by atoms with van der Waals surface area (Å²) in [5.74, 6) is 0.0123. The number of rotatable bonds is 3. The number of carbonyl (C=O) groups is 2. The van der Waals surface area contributed by atoms with Gasteiger partial charge in [0.25, 0.3) is 0 Å². The van der Waals surface area contributed by atoms with Crippen molar-refractivity contribution in [1.29, 1.82) is 0 Å². The monoisotopic (exact) mass is 362 g/mol. The van der Waals surface area contributed by atoms with E-state index in [0.717, 1.165) is 22.2 Å². The van der Waals surface area contributed by atoms with Crippen LogP contribution in [-0.4, -0.2) is 40.0 Å². The van der Waals surface area contributed by atoms with Crippen LogP contribution in [0.5, 0.6) is 0 Å². The van der Waals surface area contributed by atoms with Crippen LogP contribution in [0.25, 0.3) is 10.9 Å². The zero-order chi connectivity index (χ0) is 18.9. The number of hydrogen-bond acceptors (Lipinski definition) is 3. The topological polar surface area (TPSA) is 78.1 Å². The van der Waals surface area contributed by atoms with E-state index in [1.54, 1.807) is 13.1 Å². The number of nitrogens with zero attached hydrogens (tertiary/aromatic N) is 2. The molecule has 2 N–H and O–H groups in total. The predicted octanol–water partition coefficient (Wildman–Crippen LogP) is 3.08. The quantitative estimate of drug-likeness (QED) is 0.752. The van der Waals surface area contributed by atoms with Crippen LogP contribution in [0.4, 0.5) is 5.69 Å². The zero-order valence-electron chi connectivity index (χ0n) is 15.2. The van der Waals surface area contributed by atoms with Gasteiger partial charge in [-0.1, -0.05) is 42.5 Å². The number of amides is 2. The molecule has 0 spiro atoms. The molecule has 0 bridgehead atoms. The van der Waals surface area contributed by atoms with Gasteiger partial charge in [0.1, 0.15) is 0 Å². The van der Waals surface area contributed by atoms with Crippen LogP contribution >= 0.6 is 0 Å². The molecule has 2 aromatic carbocycles. The largest absolute Gasteiger partial charge is 0.343 e. The SMILES string of the molecule is CC(=O)N1CCC(C(=O)Nc2cccc3cn[nH]c23)(c2ccccc2)CC1. The second kappa shape index (κ2) is 6.87. The van der Waals surface area contributed by atoms with Crippen LogP contribution in [-0.2, 0) is 15.0 Å². The van der Waals surface area contributed by atoms with E-state index in [1.165, 1.54) is 0 Å². The number of nitrogens with one attached hydrogen (secondary N) is 2. The number of anilines is 1. The fraction of sp³-hybridized carbons (Fsp3) is 0.286. The maximum absolute atomic E-state index is 13.5. The Morgan fingerprint density at radius 2 is 1.81 bits per heavy atom. The average Bonchev–Trinajstić information content (AvgIpc) is 3.18. The molecule has 1 aliphatic heterocycles. The number of aromatic amines is 1. The van der Waals surface area contributed by atoms with Crippen molar-refractivity contribution >= 4 is 28.4 Å². The van der Waals surface area contributed by atoms with E-state index in [2.05, 4.69) is 15.5 Å². The first kappa shape index (κ1) is 17.3. The minimum Gasteiger partial charge on any atom is -0.343 e. The lowest BCUT2D eigenvalue weighted by molar-refractivity contribution is -0.133. The van der Waals surface area contributed by atoms with Gasteiger partial charge in [0.05, 0.1) is 22.8 Å². The fourth-order valence-electron chi connectivity index (χ4n) is 3.92. The summed E-state index contributed by atoms with van der Waals surface area (Å²) in [6.07, 6.45) is 2.94. The average molecular weight is 362 g/mol. The highest BCUT2D eigenvalue weighted by Gasteiger charge is 2.43. The zero-order valence-corrected chi connectivity index (χ0v) is 15.2. The van der Waals surface area contributed by atoms with Crippen molar-refractivity contribution in [2.24, 2.45) is 0 Å². The number of benzene rings is 2. The Hall–Kier alpha value is -3.15. The third-order valence-electron chi connectivity index (χ3n) is 5.55. The van der Waals surface area contributed by atoms with E-state index in [-0.39, 0.29) is 11.8 Å². The maximum atomic E-state index is 13.5. The van der Waals surface area contributed by atoms with Gasteiger partial charge in [-0.2, -0.15) is 5.10 Å². The minimum atomic E-state index is -0.657. The number of fused-ring (bicyclic) bond motifs is 1. The normalized spacial score (nSPS) is 16.3. The van der Waals surface area contributed by atoms with Gasteiger partial charge in [-0.3, -0.25) is 14.7 Å². The lowest BCUT2D eigenvalue weighted by Gasteiger charge is -2.40. The molecule has 6 heteroatoms. The molecule has 0 unspecified atom stereocenters. The van der Waals surface area contributed by atoms with Crippen LogP contribution in [0.1, 0.15) is 25.3 Å². The van der Waals surface area contributed by atoms with E-state index in [9.17, 15) is 9.59 Å². The highest BCUT2D eigenvalue weighted by Crippen LogP contribution is 2.37. The molecule has 0 radical (unpaired) electrons. The summed E-state index contributed by atoms with van der Waals surface area (Å²) in [7, 11) is 0. The Kier molecular flexibility index (Phi) is 4.39. The van der Waals surface area contributed by atoms with Crippen molar-refractivity contribution in [3.05, 3.63) is 60.3 Å². The Morgan fingerprint density at radius 1 is 1.07 bits per heavy atom. The molecule has 0 atom stereocenters. The smallest absolute Gasteiger partial charge is 0.235 e. The molecule has 3 aromatic rings. The summed E-state index contributed by atoms with van der Waals surface area (Å²) in [4.78, 5) is 27.0. The molecule has 1 saturated heterocycles. The summed E-state index contributed by atoms with van der Waals surface area (Å²) >= 11 is 0. The van der Waals surface area contributed by atoms with Crippen molar-refractivity contribution in [1.82, 2.24) is 15.1 Å². The van der Waals surface area contributed by atoms with Crippen molar-refractivity contribution < 1.29 is 9.59 Å². The van der Waals surface area contributed by atoms with Crippen LogP contribution in [0.15, 0.2) is 54.7 Å². The van der Waals surface area contributed by atoms with Crippen LogP contribution < -0.4 is 5.32 Å². The number of carbonyl (C=O) groups excluding carboxylic acids is 2. The van der Waals surface area contributed by atoms with Gasteiger partial charge in [0.15, 0.2) is 0 Å². The Labute approximate surface area is 157 Å². The van der Waals surface area contributed by atoms with Gasteiger partial charge in [-0.25, -0.2) is 0 Å². The van der Waals surface area contributed by atoms with E-state index < -0.39 is 5.41 Å². The summed E-state index contributed by atoms with van der Waals surface area (Å²) in [5, 5.41) is 11.1. The van der Waals surface area contributed by atoms with Gasteiger partial charge in [-0.05, 0) is 24.5 Å². The number of likely N-dealkylation sites (tertiary alicyclic amines) is 1. The Morgan fingerprint density at radius 3 is 2.52 bits per heavy atom. The van der Waals surface area contributed by atoms with Gasteiger partial charge in [0, 0.05) is 25.4 Å². The van der Waals surface area contributed by atoms with E-state index in [0.29, 0.717) is 25.9 Å². The second-order valence-corrected chi connectivity index (χ2v) is 7.05. The van der Waals surface area contributed by atoms with E-state index in [4.69, 9.17) is 0 Å². The molecule has 1 fully saturated rings. The first-order valence-electron chi connectivity index (χ1n) is 9.15. The summed E-state index contributed by atoms with van der Waals surface area (Å²) in [5.41, 5.74) is 1.87. The number of para-hydroxylation sites is 1. The number of piperidine rings is 1. The predicted molar refractivity (Wildman–Crippen MR) is 104 cm³/mol. The molecule has 27 heavy (non-hydrogen) atoms. The molecule has 1 aliphatic rings. The lowest BCUT2D eigenvalue weighted by Crippen LogP contribution is -2.50. The number of hydrogen-bond donors (Lipinski definition) is 2. The first-order chi connectivity index (χ1) is 13.1. The van der Waals surface area contributed by atoms with Crippen LogP contribution in [0.3, 0.4) is 0 Å². The summed E-state index contributed by atoms with van der Waals surface area (Å²) in [6, 6.07) is 15.6. The lowest BCUT2D eigenvalue weighted by atomic mass is 9.72. The third kappa shape index (κ3) is 3.07. The van der Waals surface area contributed by atoms with Crippen LogP contribution in [0.2, 0.25) is 0 Å². The highest BCUT2D eigenvalue weighted by atomic mass is 16.2. The first-order valence-corrected chi connectivity index (χ1v) is 9.15. The van der Waals surface area contributed by atoms with Gasteiger partial charge in [0.2, 0.25) is 11.8 Å². The van der Waals surface area contributed by atoms with Crippen molar-refractivity contribution in [2.75, 3.05) is 18.4 Å². The molecular formula is C21H22N4O2. The van der Waals surface area contributed by atoms with Gasteiger partial charge < -0.3 is 10.2 Å². The van der Waals surface area contributed by atoms with Crippen LogP contribution in [0, 0.1) is 0 Å². The molecule has 1 aromatic heterocycles. The molecule has 138 valence electrons. The molecular weight excluding hydrogens is 340 g/mol. The Balaban J connectivity index is 1.68. The molecule has 0 saturated carbocycles.